The van der Waals surface area contributed by atoms with E-state index in [0.717, 1.165) is 0 Å². The van der Waals surface area contributed by atoms with Crippen molar-refractivity contribution < 1.29 is 16.4 Å². The summed E-state index contributed by atoms with van der Waals surface area (Å²) in [5, 5.41) is 8.93. The molecule has 68 valence electrons. The summed E-state index contributed by atoms with van der Waals surface area (Å²) in [4.78, 5) is 0. The van der Waals surface area contributed by atoms with Crippen LogP contribution in [0.1, 0.15) is 9.27 Å². The maximum Gasteiger partial charge on any atom is 2.00 e. The molecule has 6 heteroatoms. The summed E-state index contributed by atoms with van der Waals surface area (Å²) in [5.41, 5.74) is 0. The largest absolute Gasteiger partial charge is 2.00 e. The van der Waals surface area contributed by atoms with Gasteiger partial charge in [-0.15, -0.1) is 0 Å². The molecule has 1 aliphatic heterocycles. The Hall–Kier alpha value is 0.216. The van der Waals surface area contributed by atoms with Crippen LogP contribution in [0.4, 0.5) is 0 Å². The summed E-state index contributed by atoms with van der Waals surface area (Å²) in [7, 11) is -3.07. The molecule has 12 heavy (non-hydrogen) atoms. The van der Waals surface area contributed by atoms with Gasteiger partial charge in [-0.25, -0.2) is 8.42 Å². The topological polar surface area (TPSA) is 57.6 Å². The summed E-state index contributed by atoms with van der Waals surface area (Å²) >= 11 is 0. The summed E-state index contributed by atoms with van der Waals surface area (Å²) in [5.74, 6) is 0.282. The molecular formula is C6H13MgNO3S. The van der Waals surface area contributed by atoms with Crippen molar-refractivity contribution in [1.82, 2.24) is 4.31 Å². The maximum atomic E-state index is 10.9. The van der Waals surface area contributed by atoms with Crippen LogP contribution in [0.3, 0.4) is 0 Å². The van der Waals surface area contributed by atoms with Crippen molar-refractivity contribution in [3.8, 4) is 0 Å². The molecule has 0 atom stereocenters. The zero-order chi connectivity index (χ0) is 8.48. The van der Waals surface area contributed by atoms with Crippen molar-refractivity contribution in [2.75, 3.05) is 19.3 Å². The van der Waals surface area contributed by atoms with Gasteiger partial charge in [0.05, 0.1) is 12.0 Å². The molecular weight excluding hydrogens is 190 g/mol. The Morgan fingerprint density at radius 3 is 2.58 bits per heavy atom. The molecule has 0 bridgehead atoms. The molecule has 0 saturated heterocycles. The Morgan fingerprint density at radius 1 is 1.67 bits per heavy atom. The third-order valence-electron chi connectivity index (χ3n) is 1.62. The standard InChI is InChI=1S/C6H11NO3S.Mg.2H/c1-11(9,10)7-4-2-6(8)3-5-7;;;/h2,8H,3-5H2,1H3;;;/q;+2;2*-1. The third-order valence-corrected chi connectivity index (χ3v) is 2.89. The van der Waals surface area contributed by atoms with E-state index in [9.17, 15) is 8.42 Å². The van der Waals surface area contributed by atoms with Crippen LogP contribution in [-0.2, 0) is 10.0 Å². The minimum atomic E-state index is -3.07. The minimum absolute atomic E-state index is 0. The summed E-state index contributed by atoms with van der Waals surface area (Å²) in [6.07, 6.45) is 3.11. The van der Waals surface area contributed by atoms with E-state index >= 15 is 0 Å². The first kappa shape index (κ1) is 12.2. The normalized spacial score (nSPS) is 19.6. The second-order valence-electron chi connectivity index (χ2n) is 2.57. The fraction of sp³-hybridized carbons (Fsp3) is 0.667. The van der Waals surface area contributed by atoms with Crippen molar-refractivity contribution in [3.63, 3.8) is 0 Å². The van der Waals surface area contributed by atoms with E-state index in [1.807, 2.05) is 0 Å². The number of aliphatic hydroxyl groups is 1. The monoisotopic (exact) mass is 203 g/mol. The molecule has 0 aliphatic carbocycles. The molecule has 0 spiro atoms. The summed E-state index contributed by atoms with van der Waals surface area (Å²) in [6, 6.07) is 0. The van der Waals surface area contributed by atoms with Crippen LogP contribution >= 0.6 is 0 Å². The molecule has 0 unspecified atom stereocenters. The molecule has 0 amide bonds. The SMILES string of the molecule is CS(=O)(=O)N1CC=C(O)CC1.[H-].[H-].[Mg+2]. The van der Waals surface area contributed by atoms with Gasteiger partial charge in [0.1, 0.15) is 0 Å². The zero-order valence-corrected chi connectivity index (χ0v) is 9.26. The van der Waals surface area contributed by atoms with E-state index in [0.29, 0.717) is 19.5 Å². The number of hydrogen-bond acceptors (Lipinski definition) is 3. The zero-order valence-electron chi connectivity index (χ0n) is 9.02. The second-order valence-corrected chi connectivity index (χ2v) is 4.55. The van der Waals surface area contributed by atoms with Gasteiger partial charge in [0.15, 0.2) is 0 Å². The molecule has 0 radical (unpaired) electrons. The number of rotatable bonds is 1. The average molecular weight is 204 g/mol. The van der Waals surface area contributed by atoms with Gasteiger partial charge in [-0.1, -0.05) is 0 Å². The fourth-order valence-corrected chi connectivity index (χ4v) is 1.71. The van der Waals surface area contributed by atoms with Gasteiger partial charge in [0.25, 0.3) is 0 Å². The van der Waals surface area contributed by atoms with Gasteiger partial charge in [0.2, 0.25) is 10.0 Å². The molecule has 1 aliphatic rings. The molecule has 0 aromatic carbocycles. The van der Waals surface area contributed by atoms with Crippen molar-refractivity contribution in [3.05, 3.63) is 11.8 Å². The predicted octanol–water partition coefficient (Wildman–Crippen LogP) is -0.0622. The van der Waals surface area contributed by atoms with E-state index in [1.165, 1.54) is 16.6 Å². The number of hydrogen-bond donors (Lipinski definition) is 1. The molecule has 0 aromatic heterocycles. The molecule has 1 heterocycles. The second kappa shape index (κ2) is 4.45. The maximum absolute atomic E-state index is 10.9. The first-order valence-electron chi connectivity index (χ1n) is 3.33. The Labute approximate surface area is 91.4 Å². The summed E-state index contributed by atoms with van der Waals surface area (Å²) in [6.45, 7) is 0.686. The van der Waals surface area contributed by atoms with Gasteiger partial charge < -0.3 is 7.96 Å². The Bertz CT molecular complexity index is 281. The van der Waals surface area contributed by atoms with Crippen LogP contribution < -0.4 is 0 Å². The number of nitrogens with zero attached hydrogens (tertiary/aromatic N) is 1. The van der Waals surface area contributed by atoms with Gasteiger partial charge in [0, 0.05) is 19.5 Å². The van der Waals surface area contributed by atoms with Crippen LogP contribution in [0.25, 0.3) is 0 Å². The smallest absolute Gasteiger partial charge is 1.00 e. The Balaban J connectivity index is -0.000000403. The predicted molar refractivity (Wildman–Crippen MR) is 49.7 cm³/mol. The molecule has 0 aromatic rings. The Morgan fingerprint density at radius 2 is 2.25 bits per heavy atom. The first-order chi connectivity index (χ1) is 5.00. The van der Waals surface area contributed by atoms with Gasteiger partial charge in [-0.3, -0.25) is 0 Å². The quantitative estimate of drug-likeness (QED) is 0.608. The fourth-order valence-electron chi connectivity index (χ4n) is 0.941. The van der Waals surface area contributed by atoms with Crippen LogP contribution in [0.5, 0.6) is 0 Å². The third kappa shape index (κ3) is 3.30. The van der Waals surface area contributed by atoms with Crippen molar-refractivity contribution >= 4 is 33.1 Å². The van der Waals surface area contributed by atoms with Crippen LogP contribution in [0, 0.1) is 0 Å². The van der Waals surface area contributed by atoms with E-state index in [2.05, 4.69) is 0 Å². The molecule has 1 N–H and O–H groups in total. The van der Waals surface area contributed by atoms with E-state index in [4.69, 9.17) is 5.11 Å². The van der Waals surface area contributed by atoms with Gasteiger partial charge in [-0.2, -0.15) is 4.31 Å². The Kier molecular flexibility index (Phi) is 4.53. The molecule has 0 fully saturated rings. The van der Waals surface area contributed by atoms with Crippen molar-refractivity contribution in [2.24, 2.45) is 0 Å². The van der Waals surface area contributed by atoms with Gasteiger partial charge in [-0.05, 0) is 6.08 Å². The first-order valence-corrected chi connectivity index (χ1v) is 5.18. The van der Waals surface area contributed by atoms with Crippen molar-refractivity contribution in [2.45, 2.75) is 6.42 Å². The average Bonchev–Trinajstić information content (AvgIpc) is 1.86. The van der Waals surface area contributed by atoms with Crippen LogP contribution in [0.2, 0.25) is 0 Å². The van der Waals surface area contributed by atoms with Crippen LogP contribution in [-0.4, -0.2) is 60.2 Å². The van der Waals surface area contributed by atoms with E-state index in [-0.39, 0.29) is 31.7 Å². The van der Waals surface area contributed by atoms with Crippen LogP contribution in [0.15, 0.2) is 11.8 Å². The van der Waals surface area contributed by atoms with Gasteiger partial charge >= 0.3 is 23.1 Å². The number of sulfonamides is 1. The van der Waals surface area contributed by atoms with E-state index in [1.54, 1.807) is 0 Å². The molecule has 4 nitrogen and oxygen atoms in total. The van der Waals surface area contributed by atoms with Crippen molar-refractivity contribution in [1.29, 1.82) is 0 Å². The molecule has 0 saturated carbocycles. The molecule has 1 rings (SSSR count). The summed E-state index contributed by atoms with van der Waals surface area (Å²) < 4.78 is 23.1. The number of aliphatic hydroxyl groups excluding tert-OH is 1. The van der Waals surface area contributed by atoms with E-state index < -0.39 is 10.0 Å². The minimum Gasteiger partial charge on any atom is -1.00 e.